The molecule has 1 aliphatic carbocycles. The van der Waals surface area contributed by atoms with Crippen molar-refractivity contribution in [2.45, 2.75) is 58.1 Å². The minimum Gasteiger partial charge on any atom is -0.490 e. The number of carbonyl (C=O) groups is 1. The van der Waals surface area contributed by atoms with E-state index in [0.717, 1.165) is 41.8 Å². The van der Waals surface area contributed by atoms with Gasteiger partial charge in [0.1, 0.15) is 11.6 Å². The maximum atomic E-state index is 12.8. The number of nitrogens with two attached hydrogens (primary N) is 1. The van der Waals surface area contributed by atoms with E-state index in [4.69, 9.17) is 20.6 Å². The first-order chi connectivity index (χ1) is 14.5. The molecule has 31 heavy (non-hydrogen) atoms. The fourth-order valence-electron chi connectivity index (χ4n) is 3.74. The van der Waals surface area contributed by atoms with Gasteiger partial charge in [0.2, 0.25) is 0 Å². The van der Waals surface area contributed by atoms with Crippen LogP contribution < -0.4 is 15.8 Å². The zero-order chi connectivity index (χ0) is 21.5. The van der Waals surface area contributed by atoms with E-state index in [1.807, 2.05) is 24.3 Å². The fraction of sp³-hybridized carbons (Fsp3) is 0.417. The quantitative estimate of drug-likeness (QED) is 0.287. The minimum absolute atomic E-state index is 0. The number of halogens is 1. The lowest BCUT2D eigenvalue weighted by Gasteiger charge is -2.21. The van der Waals surface area contributed by atoms with Crippen molar-refractivity contribution in [2.24, 2.45) is 5.73 Å². The molecule has 0 aliphatic heterocycles. The summed E-state index contributed by atoms with van der Waals surface area (Å²) < 4.78 is 11.6. The minimum atomic E-state index is -0.662. The number of ether oxygens (including phenoxy) is 2. The molecule has 6 nitrogen and oxygen atoms in total. The molecular formula is C24H32ClN3O3. The first-order valence-corrected chi connectivity index (χ1v) is 10.7. The Labute approximate surface area is 190 Å². The molecule has 1 aliphatic rings. The lowest BCUT2D eigenvalue weighted by molar-refractivity contribution is -0.144. The van der Waals surface area contributed by atoms with Gasteiger partial charge in [-0.05, 0) is 86.6 Å². The molecule has 2 aromatic rings. The van der Waals surface area contributed by atoms with Gasteiger partial charge in [-0.25, -0.2) is 4.79 Å². The average Bonchev–Trinajstić information content (AvgIpc) is 3.25. The maximum absolute atomic E-state index is 12.8. The molecule has 0 bridgehead atoms. The van der Waals surface area contributed by atoms with E-state index in [1.165, 1.54) is 12.8 Å². The van der Waals surface area contributed by atoms with Crippen LogP contribution in [0.4, 0.5) is 5.69 Å². The summed E-state index contributed by atoms with van der Waals surface area (Å²) in [5, 5.41) is 10.8. The Kier molecular flexibility index (Phi) is 9.19. The van der Waals surface area contributed by atoms with E-state index < -0.39 is 6.04 Å². The SMILES string of the molecule is CCOC(=O)C(Nc1ccc(C(=N)N)cc1)c1cc(CC)cc(OC2CCCC2)c1.Cl. The zero-order valence-electron chi connectivity index (χ0n) is 18.1. The van der Waals surface area contributed by atoms with Crippen molar-refractivity contribution < 1.29 is 14.3 Å². The second-order valence-electron chi connectivity index (χ2n) is 7.61. The Morgan fingerprint density at radius 3 is 2.42 bits per heavy atom. The lowest BCUT2D eigenvalue weighted by atomic mass is 10.0. The molecule has 0 radical (unpaired) electrons. The highest BCUT2D eigenvalue weighted by Gasteiger charge is 2.24. The molecule has 1 saturated carbocycles. The van der Waals surface area contributed by atoms with Crippen LogP contribution in [0.2, 0.25) is 0 Å². The number of carbonyl (C=O) groups excluding carboxylic acids is 1. The summed E-state index contributed by atoms with van der Waals surface area (Å²) in [6.07, 6.45) is 5.65. The summed E-state index contributed by atoms with van der Waals surface area (Å²) in [4.78, 5) is 12.8. The van der Waals surface area contributed by atoms with E-state index in [-0.39, 0.29) is 30.3 Å². The van der Waals surface area contributed by atoms with Gasteiger partial charge in [-0.3, -0.25) is 5.41 Å². The number of amidine groups is 1. The van der Waals surface area contributed by atoms with E-state index in [2.05, 4.69) is 18.3 Å². The number of benzene rings is 2. The van der Waals surface area contributed by atoms with Crippen LogP contribution in [-0.2, 0) is 16.0 Å². The third kappa shape index (κ3) is 6.62. The summed E-state index contributed by atoms with van der Waals surface area (Å²) >= 11 is 0. The molecule has 3 rings (SSSR count). The van der Waals surface area contributed by atoms with Crippen molar-refractivity contribution in [1.29, 1.82) is 5.41 Å². The normalized spacial score (nSPS) is 14.4. The van der Waals surface area contributed by atoms with Crippen molar-refractivity contribution in [3.05, 3.63) is 59.2 Å². The molecule has 0 heterocycles. The van der Waals surface area contributed by atoms with Crippen molar-refractivity contribution in [3.8, 4) is 5.75 Å². The number of rotatable bonds is 9. The van der Waals surface area contributed by atoms with Crippen LogP contribution in [0.3, 0.4) is 0 Å². The molecule has 2 aromatic carbocycles. The molecule has 0 saturated heterocycles. The van der Waals surface area contributed by atoms with Crippen LogP contribution in [0, 0.1) is 5.41 Å². The number of anilines is 1. The van der Waals surface area contributed by atoms with Gasteiger partial charge < -0.3 is 20.5 Å². The van der Waals surface area contributed by atoms with Gasteiger partial charge in [0, 0.05) is 11.3 Å². The predicted molar refractivity (Wildman–Crippen MR) is 126 cm³/mol. The molecule has 0 amide bonds. The number of hydrogen-bond donors (Lipinski definition) is 3. The van der Waals surface area contributed by atoms with Crippen LogP contribution in [0.1, 0.15) is 62.3 Å². The highest BCUT2D eigenvalue weighted by Crippen LogP contribution is 2.30. The summed E-state index contributed by atoms with van der Waals surface area (Å²) in [5.74, 6) is 0.473. The highest BCUT2D eigenvalue weighted by atomic mass is 35.5. The number of esters is 1. The van der Waals surface area contributed by atoms with Crippen LogP contribution in [0.15, 0.2) is 42.5 Å². The standard InChI is InChI=1S/C24H31N3O3.ClH/c1-3-16-13-18(15-21(14-16)30-20-7-5-6-8-20)22(24(28)29-4-2)27-19-11-9-17(10-12-19)23(25)26;/h9-15,20,22,27H,3-8H2,1-2H3,(H3,25,26);1H. The number of hydrogen-bond acceptors (Lipinski definition) is 5. The van der Waals surface area contributed by atoms with Crippen molar-refractivity contribution in [2.75, 3.05) is 11.9 Å². The Bertz CT molecular complexity index is 880. The monoisotopic (exact) mass is 445 g/mol. The summed E-state index contributed by atoms with van der Waals surface area (Å²) in [6, 6.07) is 12.5. The van der Waals surface area contributed by atoms with Gasteiger partial charge in [-0.2, -0.15) is 0 Å². The number of aryl methyl sites for hydroxylation is 1. The topological polar surface area (TPSA) is 97.4 Å². The van der Waals surface area contributed by atoms with Gasteiger partial charge in [0.05, 0.1) is 12.7 Å². The zero-order valence-corrected chi connectivity index (χ0v) is 19.0. The third-order valence-corrected chi connectivity index (χ3v) is 5.36. The van der Waals surface area contributed by atoms with Crippen molar-refractivity contribution in [3.63, 3.8) is 0 Å². The van der Waals surface area contributed by atoms with Gasteiger partial charge >= 0.3 is 5.97 Å². The van der Waals surface area contributed by atoms with E-state index in [9.17, 15) is 4.79 Å². The van der Waals surface area contributed by atoms with Gasteiger partial charge in [0.25, 0.3) is 0 Å². The predicted octanol–water partition coefficient (Wildman–Crippen LogP) is 4.99. The van der Waals surface area contributed by atoms with Crippen molar-refractivity contribution >= 4 is 29.9 Å². The second kappa shape index (κ2) is 11.6. The molecule has 0 aromatic heterocycles. The smallest absolute Gasteiger partial charge is 0.333 e. The Morgan fingerprint density at radius 1 is 1.16 bits per heavy atom. The van der Waals surface area contributed by atoms with Crippen LogP contribution >= 0.6 is 12.4 Å². The molecule has 1 atom stereocenters. The molecule has 1 unspecified atom stereocenters. The van der Waals surface area contributed by atoms with E-state index in [0.29, 0.717) is 12.2 Å². The van der Waals surface area contributed by atoms with Crippen LogP contribution in [0.5, 0.6) is 5.75 Å². The Hall–Kier alpha value is -2.73. The first-order valence-electron chi connectivity index (χ1n) is 10.7. The lowest BCUT2D eigenvalue weighted by Crippen LogP contribution is -2.24. The molecule has 168 valence electrons. The highest BCUT2D eigenvalue weighted by molar-refractivity contribution is 5.95. The van der Waals surface area contributed by atoms with E-state index in [1.54, 1.807) is 19.1 Å². The largest absolute Gasteiger partial charge is 0.490 e. The summed E-state index contributed by atoms with van der Waals surface area (Å²) in [6.45, 7) is 4.19. The molecule has 1 fully saturated rings. The fourth-order valence-corrected chi connectivity index (χ4v) is 3.74. The number of nitrogens with one attached hydrogen (secondary N) is 2. The van der Waals surface area contributed by atoms with E-state index >= 15 is 0 Å². The maximum Gasteiger partial charge on any atom is 0.333 e. The second-order valence-corrected chi connectivity index (χ2v) is 7.61. The molecular weight excluding hydrogens is 414 g/mol. The first kappa shape index (κ1) is 24.5. The van der Waals surface area contributed by atoms with Gasteiger partial charge in [-0.15, -0.1) is 12.4 Å². The number of nitrogen functional groups attached to an aromatic ring is 1. The molecule has 7 heteroatoms. The molecule has 0 spiro atoms. The summed E-state index contributed by atoms with van der Waals surface area (Å²) in [5.41, 5.74) is 8.85. The van der Waals surface area contributed by atoms with Crippen molar-refractivity contribution in [1.82, 2.24) is 0 Å². The van der Waals surface area contributed by atoms with Crippen LogP contribution in [-0.4, -0.2) is 24.5 Å². The third-order valence-electron chi connectivity index (χ3n) is 5.36. The van der Waals surface area contributed by atoms with Crippen LogP contribution in [0.25, 0.3) is 0 Å². The van der Waals surface area contributed by atoms with Gasteiger partial charge in [0.15, 0.2) is 6.04 Å². The molecule has 4 N–H and O–H groups in total. The Balaban J connectivity index is 0.00000341. The Morgan fingerprint density at radius 2 is 1.84 bits per heavy atom. The van der Waals surface area contributed by atoms with Gasteiger partial charge in [-0.1, -0.05) is 13.0 Å². The summed E-state index contributed by atoms with van der Waals surface area (Å²) in [7, 11) is 0. The average molecular weight is 446 g/mol.